The minimum absolute atomic E-state index is 0.0749. The highest BCUT2D eigenvalue weighted by Crippen LogP contribution is 2.17. The number of benzene rings is 1. The summed E-state index contributed by atoms with van der Waals surface area (Å²) in [6.45, 7) is 1.09. The van der Waals surface area contributed by atoms with Crippen LogP contribution in [0.1, 0.15) is 5.56 Å². The van der Waals surface area contributed by atoms with Crippen LogP contribution in [0.15, 0.2) is 30.3 Å². The lowest BCUT2D eigenvalue weighted by atomic mass is 10.0. The Balaban J connectivity index is 2.06. The zero-order chi connectivity index (χ0) is 15.5. The Kier molecular flexibility index (Phi) is 4.97. The first-order chi connectivity index (χ1) is 9.91. The van der Waals surface area contributed by atoms with E-state index in [0.29, 0.717) is 13.1 Å². The van der Waals surface area contributed by atoms with Gasteiger partial charge in [0.15, 0.2) is 0 Å². The lowest BCUT2D eigenvalue weighted by Crippen LogP contribution is -2.45. The van der Waals surface area contributed by atoms with Crippen molar-refractivity contribution in [2.75, 3.05) is 27.2 Å². The van der Waals surface area contributed by atoms with E-state index in [1.807, 2.05) is 30.1 Å². The third kappa shape index (κ3) is 4.26. The molecule has 0 radical (unpaired) electrons. The second-order valence-electron chi connectivity index (χ2n) is 5.41. The quantitative estimate of drug-likeness (QED) is 0.788. The van der Waals surface area contributed by atoms with E-state index >= 15 is 0 Å². The molecule has 6 nitrogen and oxygen atoms in total. The van der Waals surface area contributed by atoms with E-state index in [4.69, 9.17) is 0 Å². The smallest absolute Gasteiger partial charge is 0.225 e. The first kappa shape index (κ1) is 15.9. The number of hydrogen-bond donors (Lipinski definition) is 2. The lowest BCUT2D eigenvalue weighted by molar-refractivity contribution is -0.124. The highest BCUT2D eigenvalue weighted by Gasteiger charge is 2.37. The van der Waals surface area contributed by atoms with E-state index < -0.39 is 10.0 Å². The maximum Gasteiger partial charge on any atom is 0.225 e. The van der Waals surface area contributed by atoms with Gasteiger partial charge in [-0.2, -0.15) is 0 Å². The SMILES string of the molecule is CNC(=O)[C@H]1CN(C)C[C@@H]1NS(=O)(=O)Cc1ccccc1. The highest BCUT2D eigenvalue weighted by atomic mass is 32.2. The zero-order valence-electron chi connectivity index (χ0n) is 12.2. The van der Waals surface area contributed by atoms with Crippen molar-refractivity contribution in [3.63, 3.8) is 0 Å². The first-order valence-electron chi connectivity index (χ1n) is 6.85. The number of carbonyl (C=O) groups excluding carboxylic acids is 1. The molecule has 2 N–H and O–H groups in total. The van der Waals surface area contributed by atoms with Crippen LogP contribution in [0.2, 0.25) is 0 Å². The Morgan fingerprint density at radius 1 is 1.29 bits per heavy atom. The molecular weight excluding hydrogens is 290 g/mol. The fourth-order valence-corrected chi connectivity index (χ4v) is 4.05. The topological polar surface area (TPSA) is 78.5 Å². The van der Waals surface area contributed by atoms with Crippen molar-refractivity contribution < 1.29 is 13.2 Å². The largest absolute Gasteiger partial charge is 0.359 e. The van der Waals surface area contributed by atoms with Gasteiger partial charge in [0, 0.05) is 26.2 Å². The molecule has 0 aliphatic carbocycles. The predicted molar refractivity (Wildman–Crippen MR) is 81.0 cm³/mol. The summed E-state index contributed by atoms with van der Waals surface area (Å²) < 4.78 is 27.2. The van der Waals surface area contributed by atoms with Crippen molar-refractivity contribution in [1.29, 1.82) is 0 Å². The van der Waals surface area contributed by atoms with E-state index in [1.165, 1.54) is 0 Å². The average molecular weight is 311 g/mol. The predicted octanol–water partition coefficient (Wildman–Crippen LogP) is -0.218. The summed E-state index contributed by atoms with van der Waals surface area (Å²) in [7, 11) is -0.0307. The molecule has 1 aliphatic rings. The molecule has 1 aliphatic heterocycles. The molecule has 0 aromatic heterocycles. The maximum atomic E-state index is 12.3. The molecule has 0 unspecified atom stereocenters. The third-order valence-corrected chi connectivity index (χ3v) is 4.99. The molecule has 0 bridgehead atoms. The molecule has 0 spiro atoms. The van der Waals surface area contributed by atoms with Gasteiger partial charge in [0.25, 0.3) is 0 Å². The van der Waals surface area contributed by atoms with Crippen molar-refractivity contribution in [2.24, 2.45) is 5.92 Å². The molecule has 21 heavy (non-hydrogen) atoms. The van der Waals surface area contributed by atoms with Gasteiger partial charge in [0.1, 0.15) is 0 Å². The number of nitrogens with one attached hydrogen (secondary N) is 2. The van der Waals surface area contributed by atoms with E-state index in [1.54, 1.807) is 19.2 Å². The summed E-state index contributed by atoms with van der Waals surface area (Å²) in [5.74, 6) is -0.563. The normalized spacial score (nSPS) is 23.1. The Labute approximate surface area is 125 Å². The number of hydrogen-bond acceptors (Lipinski definition) is 4. The van der Waals surface area contributed by atoms with Crippen LogP contribution in [-0.2, 0) is 20.6 Å². The number of rotatable bonds is 5. The summed E-state index contributed by atoms with van der Waals surface area (Å²) in [4.78, 5) is 13.8. The fraction of sp³-hybridized carbons (Fsp3) is 0.500. The van der Waals surface area contributed by atoms with E-state index in [9.17, 15) is 13.2 Å². The number of likely N-dealkylation sites (tertiary alicyclic amines) is 1. The Morgan fingerprint density at radius 2 is 1.95 bits per heavy atom. The zero-order valence-corrected chi connectivity index (χ0v) is 13.1. The van der Waals surface area contributed by atoms with Gasteiger partial charge in [-0.05, 0) is 12.6 Å². The number of nitrogens with zero attached hydrogens (tertiary/aromatic N) is 1. The molecule has 1 saturated heterocycles. The van der Waals surface area contributed by atoms with E-state index in [-0.39, 0.29) is 23.6 Å². The van der Waals surface area contributed by atoms with Crippen LogP contribution in [0, 0.1) is 5.92 Å². The van der Waals surface area contributed by atoms with Crippen LogP contribution >= 0.6 is 0 Å². The van der Waals surface area contributed by atoms with Crippen molar-refractivity contribution in [3.8, 4) is 0 Å². The van der Waals surface area contributed by atoms with Gasteiger partial charge in [-0.3, -0.25) is 4.79 Å². The highest BCUT2D eigenvalue weighted by molar-refractivity contribution is 7.88. The van der Waals surface area contributed by atoms with Crippen molar-refractivity contribution in [1.82, 2.24) is 14.9 Å². The van der Waals surface area contributed by atoms with Crippen LogP contribution < -0.4 is 10.0 Å². The number of amides is 1. The van der Waals surface area contributed by atoms with E-state index in [0.717, 1.165) is 5.56 Å². The summed E-state index contributed by atoms with van der Waals surface area (Å²) in [5.41, 5.74) is 0.729. The Bertz CT molecular complexity index is 589. The number of likely N-dealkylation sites (N-methyl/N-ethyl adjacent to an activating group) is 1. The van der Waals surface area contributed by atoms with Crippen molar-refractivity contribution in [2.45, 2.75) is 11.8 Å². The van der Waals surface area contributed by atoms with Crippen LogP contribution in [-0.4, -0.2) is 52.5 Å². The molecular formula is C14H21N3O3S. The molecule has 1 amide bonds. The van der Waals surface area contributed by atoms with Crippen LogP contribution in [0.5, 0.6) is 0 Å². The molecule has 116 valence electrons. The van der Waals surface area contributed by atoms with Gasteiger partial charge in [0.2, 0.25) is 15.9 Å². The molecule has 2 rings (SSSR count). The van der Waals surface area contributed by atoms with Crippen LogP contribution in [0.3, 0.4) is 0 Å². The second kappa shape index (κ2) is 6.55. The van der Waals surface area contributed by atoms with Gasteiger partial charge < -0.3 is 10.2 Å². The van der Waals surface area contributed by atoms with Crippen LogP contribution in [0.25, 0.3) is 0 Å². The monoisotopic (exact) mass is 311 g/mol. The fourth-order valence-electron chi connectivity index (χ4n) is 2.64. The summed E-state index contributed by atoms with van der Waals surface area (Å²) in [6.07, 6.45) is 0. The molecule has 2 atom stereocenters. The van der Waals surface area contributed by atoms with Gasteiger partial charge in [0.05, 0.1) is 11.7 Å². The molecule has 1 heterocycles. The Hall–Kier alpha value is -1.44. The maximum absolute atomic E-state index is 12.3. The van der Waals surface area contributed by atoms with Gasteiger partial charge in [-0.1, -0.05) is 30.3 Å². The molecule has 1 fully saturated rings. The standard InChI is InChI=1S/C14H21N3O3S/c1-15-14(18)12-8-17(2)9-13(12)16-21(19,20)10-11-6-4-3-5-7-11/h3-7,12-13,16H,8-10H2,1-2H3,(H,15,18)/t12-,13-/m0/s1. The summed E-state index contributed by atoms with van der Waals surface area (Å²) in [6, 6.07) is 8.62. The minimum atomic E-state index is -3.47. The second-order valence-corrected chi connectivity index (χ2v) is 7.16. The van der Waals surface area contributed by atoms with Crippen LogP contribution in [0.4, 0.5) is 0 Å². The number of carbonyl (C=O) groups is 1. The number of sulfonamides is 1. The van der Waals surface area contributed by atoms with Crippen molar-refractivity contribution >= 4 is 15.9 Å². The molecule has 0 saturated carbocycles. The summed E-state index contributed by atoms with van der Waals surface area (Å²) in [5, 5.41) is 2.59. The molecule has 7 heteroatoms. The van der Waals surface area contributed by atoms with Gasteiger partial charge in [-0.15, -0.1) is 0 Å². The van der Waals surface area contributed by atoms with Gasteiger partial charge >= 0.3 is 0 Å². The summed E-state index contributed by atoms with van der Waals surface area (Å²) >= 11 is 0. The minimum Gasteiger partial charge on any atom is -0.359 e. The van der Waals surface area contributed by atoms with Gasteiger partial charge in [-0.25, -0.2) is 13.1 Å². The average Bonchev–Trinajstić information content (AvgIpc) is 2.78. The molecule has 1 aromatic carbocycles. The first-order valence-corrected chi connectivity index (χ1v) is 8.50. The van der Waals surface area contributed by atoms with Crippen molar-refractivity contribution in [3.05, 3.63) is 35.9 Å². The van der Waals surface area contributed by atoms with E-state index in [2.05, 4.69) is 10.0 Å². The lowest BCUT2D eigenvalue weighted by Gasteiger charge is -2.18. The molecule has 1 aromatic rings. The Morgan fingerprint density at radius 3 is 2.57 bits per heavy atom. The third-order valence-electron chi connectivity index (χ3n) is 3.62.